The van der Waals surface area contributed by atoms with Gasteiger partial charge in [0, 0.05) is 11.1 Å². The summed E-state index contributed by atoms with van der Waals surface area (Å²) in [6, 6.07) is 4.64. The van der Waals surface area contributed by atoms with Crippen molar-refractivity contribution in [2.24, 2.45) is 0 Å². The topological polar surface area (TPSA) is 102 Å². The van der Waals surface area contributed by atoms with E-state index >= 15 is 0 Å². The maximum Gasteiger partial charge on any atom is 0.325 e. The Hall–Kier alpha value is -2.83. The van der Waals surface area contributed by atoms with Crippen molar-refractivity contribution < 1.29 is 24.0 Å². The van der Waals surface area contributed by atoms with Crippen LogP contribution >= 0.6 is 0 Å². The summed E-state index contributed by atoms with van der Waals surface area (Å²) in [5.74, 6) is -0.322. The molecule has 7 nitrogen and oxygen atoms in total. The Morgan fingerprint density at radius 3 is 2.87 bits per heavy atom. The van der Waals surface area contributed by atoms with Crippen molar-refractivity contribution in [3.8, 4) is 17.1 Å². The van der Waals surface area contributed by atoms with Crippen LogP contribution in [-0.4, -0.2) is 35.3 Å². The molecule has 1 aliphatic rings. The van der Waals surface area contributed by atoms with E-state index in [1.165, 1.54) is 6.92 Å². The molecule has 1 aromatic carbocycles. The predicted octanol–water partition coefficient (Wildman–Crippen LogP) is 1.65. The first-order chi connectivity index (χ1) is 11.0. The molecule has 3 rings (SSSR count). The summed E-state index contributed by atoms with van der Waals surface area (Å²) in [6.45, 7) is 1.40. The number of nitrogens with zero attached hydrogens (tertiary/aromatic N) is 1. The monoisotopic (exact) mass is 316 g/mol. The third-order valence-electron chi connectivity index (χ3n) is 3.92. The number of carbonyl (C=O) groups is 2. The van der Waals surface area contributed by atoms with Crippen LogP contribution in [0, 0.1) is 0 Å². The maximum atomic E-state index is 12.2. The lowest BCUT2D eigenvalue weighted by Gasteiger charge is -2.16. The van der Waals surface area contributed by atoms with Gasteiger partial charge in [0.05, 0.1) is 7.11 Å². The summed E-state index contributed by atoms with van der Waals surface area (Å²) >= 11 is 0. The zero-order valence-electron chi connectivity index (χ0n) is 12.8. The summed E-state index contributed by atoms with van der Waals surface area (Å²) in [5, 5.41) is 15.1. The second kappa shape index (κ2) is 5.75. The number of hydrogen-bond acceptors (Lipinski definition) is 5. The lowest BCUT2D eigenvalue weighted by molar-refractivity contribution is -0.138. The molecule has 23 heavy (non-hydrogen) atoms. The van der Waals surface area contributed by atoms with Gasteiger partial charge in [0.2, 0.25) is 0 Å². The number of methoxy groups -OCH3 is 1. The second-order valence-electron chi connectivity index (χ2n) is 5.40. The molecule has 7 heteroatoms. The van der Waals surface area contributed by atoms with Gasteiger partial charge < -0.3 is 19.7 Å². The molecule has 0 saturated carbocycles. The minimum atomic E-state index is -1.10. The van der Waals surface area contributed by atoms with Crippen molar-refractivity contribution in [3.05, 3.63) is 35.0 Å². The van der Waals surface area contributed by atoms with Crippen molar-refractivity contribution in [1.82, 2.24) is 10.5 Å². The van der Waals surface area contributed by atoms with E-state index in [9.17, 15) is 9.59 Å². The normalized spacial score (nSPS) is 13.7. The molecule has 120 valence electrons. The molecule has 0 saturated heterocycles. The Kier molecular flexibility index (Phi) is 3.77. The van der Waals surface area contributed by atoms with E-state index in [1.807, 2.05) is 18.2 Å². The highest BCUT2D eigenvalue weighted by Crippen LogP contribution is 2.36. The van der Waals surface area contributed by atoms with Crippen molar-refractivity contribution in [2.45, 2.75) is 25.8 Å². The van der Waals surface area contributed by atoms with Crippen LogP contribution in [0.1, 0.15) is 28.5 Å². The average molecular weight is 316 g/mol. The van der Waals surface area contributed by atoms with Crippen LogP contribution in [0.2, 0.25) is 0 Å². The van der Waals surface area contributed by atoms with Gasteiger partial charge in [0.25, 0.3) is 5.91 Å². The molecule has 2 aromatic rings. The quantitative estimate of drug-likeness (QED) is 0.889. The van der Waals surface area contributed by atoms with E-state index in [0.29, 0.717) is 17.7 Å². The van der Waals surface area contributed by atoms with E-state index in [0.717, 1.165) is 23.3 Å². The fourth-order valence-corrected chi connectivity index (χ4v) is 2.64. The molecule has 1 aromatic heterocycles. The van der Waals surface area contributed by atoms with Gasteiger partial charge >= 0.3 is 5.97 Å². The first-order valence-corrected chi connectivity index (χ1v) is 7.20. The molecule has 0 radical (unpaired) electrons. The van der Waals surface area contributed by atoms with Crippen molar-refractivity contribution in [2.75, 3.05) is 7.11 Å². The molecular formula is C16H16N2O5. The number of aliphatic carboxylic acids is 1. The van der Waals surface area contributed by atoms with Gasteiger partial charge in [-0.2, -0.15) is 0 Å². The Bertz CT molecular complexity index is 781. The standard InChI is InChI=1S/C16H16N2O5/c1-8(16(20)21)17-15(19)13-12-5-3-9-7-10(22-2)4-6-11(9)14(12)23-18-13/h4,6-8H,3,5H2,1-2H3,(H,17,19)(H,20,21)/t8-/m1/s1. The molecule has 0 unspecified atom stereocenters. The third-order valence-corrected chi connectivity index (χ3v) is 3.92. The van der Waals surface area contributed by atoms with Crippen LogP contribution < -0.4 is 10.1 Å². The number of aryl methyl sites for hydroxylation is 1. The molecule has 0 fully saturated rings. The van der Waals surface area contributed by atoms with Crippen molar-refractivity contribution in [1.29, 1.82) is 0 Å². The van der Waals surface area contributed by atoms with Gasteiger partial charge in [-0.1, -0.05) is 5.16 Å². The first kappa shape index (κ1) is 15.1. The highest BCUT2D eigenvalue weighted by atomic mass is 16.5. The maximum absolute atomic E-state index is 12.2. The molecule has 1 aliphatic carbocycles. The number of ether oxygens (including phenoxy) is 1. The Morgan fingerprint density at radius 1 is 1.39 bits per heavy atom. The second-order valence-corrected chi connectivity index (χ2v) is 5.40. The SMILES string of the molecule is COc1ccc2c(c1)CCc1c(C(=O)N[C@H](C)C(=O)O)noc1-2. The number of fused-ring (bicyclic) bond motifs is 3. The summed E-state index contributed by atoms with van der Waals surface area (Å²) in [7, 11) is 1.61. The van der Waals surface area contributed by atoms with Gasteiger partial charge in [-0.3, -0.25) is 9.59 Å². The van der Waals surface area contributed by atoms with Crippen molar-refractivity contribution >= 4 is 11.9 Å². The van der Waals surface area contributed by atoms with Crippen LogP contribution in [0.4, 0.5) is 0 Å². The summed E-state index contributed by atoms with van der Waals surface area (Å²) in [4.78, 5) is 23.0. The van der Waals surface area contributed by atoms with E-state index in [2.05, 4.69) is 10.5 Å². The van der Waals surface area contributed by atoms with Crippen LogP contribution in [0.25, 0.3) is 11.3 Å². The van der Waals surface area contributed by atoms with E-state index in [-0.39, 0.29) is 5.69 Å². The number of rotatable bonds is 4. The first-order valence-electron chi connectivity index (χ1n) is 7.20. The lowest BCUT2D eigenvalue weighted by atomic mass is 9.89. The van der Waals surface area contributed by atoms with Gasteiger partial charge in [0.15, 0.2) is 11.5 Å². The Morgan fingerprint density at radius 2 is 2.17 bits per heavy atom. The summed E-state index contributed by atoms with van der Waals surface area (Å²) in [5.41, 5.74) is 2.80. The number of benzene rings is 1. The molecule has 2 N–H and O–H groups in total. The molecule has 1 atom stereocenters. The molecule has 1 amide bonds. The smallest absolute Gasteiger partial charge is 0.325 e. The Labute approximate surface area is 132 Å². The molecular weight excluding hydrogens is 300 g/mol. The third kappa shape index (κ3) is 2.65. The van der Waals surface area contributed by atoms with Gasteiger partial charge in [0.1, 0.15) is 11.8 Å². The highest BCUT2D eigenvalue weighted by molar-refractivity contribution is 5.97. The lowest BCUT2D eigenvalue weighted by Crippen LogP contribution is -2.38. The molecule has 0 aliphatic heterocycles. The molecule has 0 bridgehead atoms. The van der Waals surface area contributed by atoms with Gasteiger partial charge in [-0.25, -0.2) is 0 Å². The van der Waals surface area contributed by atoms with E-state index in [4.69, 9.17) is 14.4 Å². The van der Waals surface area contributed by atoms with Crippen LogP contribution in [-0.2, 0) is 17.6 Å². The minimum absolute atomic E-state index is 0.148. The Balaban J connectivity index is 1.93. The van der Waals surface area contributed by atoms with E-state index < -0.39 is 17.9 Å². The average Bonchev–Trinajstić information content (AvgIpc) is 2.98. The minimum Gasteiger partial charge on any atom is -0.497 e. The number of nitrogens with one attached hydrogen (secondary N) is 1. The fourth-order valence-electron chi connectivity index (χ4n) is 2.64. The largest absolute Gasteiger partial charge is 0.497 e. The highest BCUT2D eigenvalue weighted by Gasteiger charge is 2.29. The zero-order chi connectivity index (χ0) is 16.6. The van der Waals surface area contributed by atoms with Crippen LogP contribution in [0.5, 0.6) is 5.75 Å². The number of carbonyl (C=O) groups excluding carboxylic acids is 1. The predicted molar refractivity (Wildman–Crippen MR) is 80.5 cm³/mol. The fraction of sp³-hybridized carbons (Fsp3) is 0.312. The number of hydrogen-bond donors (Lipinski definition) is 2. The summed E-state index contributed by atoms with van der Waals surface area (Å²) in [6.07, 6.45) is 1.33. The van der Waals surface area contributed by atoms with Gasteiger partial charge in [-0.05, 0) is 43.5 Å². The number of amides is 1. The molecule has 0 spiro atoms. The zero-order valence-corrected chi connectivity index (χ0v) is 12.8. The van der Waals surface area contributed by atoms with Crippen LogP contribution in [0.3, 0.4) is 0 Å². The van der Waals surface area contributed by atoms with Crippen molar-refractivity contribution in [3.63, 3.8) is 0 Å². The number of carboxylic acid groups (broad SMARTS) is 1. The van der Waals surface area contributed by atoms with Crippen LogP contribution in [0.15, 0.2) is 22.7 Å². The number of aromatic nitrogens is 1. The van der Waals surface area contributed by atoms with Gasteiger partial charge in [-0.15, -0.1) is 0 Å². The number of carboxylic acids is 1. The summed E-state index contributed by atoms with van der Waals surface area (Å²) < 4.78 is 10.6. The van der Waals surface area contributed by atoms with E-state index in [1.54, 1.807) is 7.11 Å². The molecule has 1 heterocycles.